The molecule has 1 N–H and O–H groups in total. The largest absolute Gasteiger partial charge is 0.346 e. The van der Waals surface area contributed by atoms with Crippen molar-refractivity contribution >= 4 is 39.1 Å². The summed E-state index contributed by atoms with van der Waals surface area (Å²) in [6.45, 7) is 3.32. The van der Waals surface area contributed by atoms with Gasteiger partial charge in [0.2, 0.25) is 0 Å². The third-order valence-corrected chi connectivity index (χ3v) is 6.39. The normalized spacial score (nSPS) is 27.4. The molecule has 0 spiro atoms. The molecule has 2 aliphatic heterocycles. The van der Waals surface area contributed by atoms with Crippen LogP contribution < -0.4 is 5.32 Å². The first kappa shape index (κ1) is 13.5. The summed E-state index contributed by atoms with van der Waals surface area (Å²) in [6, 6.07) is 2.23. The number of hydrogen-bond acceptors (Lipinski definition) is 5. The fourth-order valence-corrected chi connectivity index (χ4v) is 5.13. The molecule has 6 heteroatoms. The quantitative estimate of drug-likeness (QED) is 0.883. The van der Waals surface area contributed by atoms with Crippen LogP contribution in [0.15, 0.2) is 22.5 Å². The lowest BCUT2D eigenvalue weighted by Gasteiger charge is -2.22. The molecule has 1 amide bonds. The van der Waals surface area contributed by atoms with E-state index in [1.54, 1.807) is 23.1 Å². The highest BCUT2D eigenvalue weighted by molar-refractivity contribution is 7.99. The van der Waals surface area contributed by atoms with Gasteiger partial charge in [-0.25, -0.2) is 4.98 Å². The Hall–Kier alpha value is -1.11. The average molecular weight is 319 g/mol. The van der Waals surface area contributed by atoms with Crippen LogP contribution >= 0.6 is 23.1 Å². The van der Waals surface area contributed by atoms with Crippen LogP contribution in [0.1, 0.15) is 16.9 Å². The molecule has 4 nitrogen and oxygen atoms in total. The molecule has 2 aromatic heterocycles. The van der Waals surface area contributed by atoms with E-state index < -0.39 is 0 Å². The standard InChI is InChI=1S/C15H17N3OS2/c1-20-14-8-21-13-5-16-11(4-10(13)14)15(19)17-12-7-18-3-2-9(12)6-18/h4-5,8-9,12H,2-3,6-7H2,1H3,(H,17,19)/t9-,12?/m0/s1. The van der Waals surface area contributed by atoms with E-state index in [4.69, 9.17) is 0 Å². The second-order valence-electron chi connectivity index (χ2n) is 5.76. The molecule has 21 heavy (non-hydrogen) atoms. The molecular formula is C15H17N3OS2. The number of aromatic nitrogens is 1. The highest BCUT2D eigenvalue weighted by Gasteiger charge is 2.38. The average Bonchev–Trinajstić information content (AvgIpc) is 3.21. The zero-order chi connectivity index (χ0) is 14.4. The van der Waals surface area contributed by atoms with Crippen molar-refractivity contribution in [2.75, 3.05) is 25.9 Å². The number of hydrogen-bond donors (Lipinski definition) is 1. The molecule has 110 valence electrons. The number of pyridine rings is 1. The fraction of sp³-hybridized carbons (Fsp3) is 0.467. The number of piperidine rings is 1. The maximum absolute atomic E-state index is 12.4. The Labute approximate surface area is 131 Å². The number of carbonyl (C=O) groups is 1. The molecule has 0 radical (unpaired) electrons. The smallest absolute Gasteiger partial charge is 0.270 e. The van der Waals surface area contributed by atoms with Crippen LogP contribution in [0.3, 0.4) is 0 Å². The van der Waals surface area contributed by atoms with Crippen molar-refractivity contribution in [3.8, 4) is 0 Å². The number of thioether (sulfide) groups is 1. The number of thiophene rings is 1. The number of nitrogens with zero attached hydrogens (tertiary/aromatic N) is 2. The molecule has 2 aliphatic rings. The summed E-state index contributed by atoms with van der Waals surface area (Å²) >= 11 is 3.39. The molecule has 0 aliphatic carbocycles. The van der Waals surface area contributed by atoms with Gasteiger partial charge in [0.15, 0.2) is 0 Å². The molecule has 2 unspecified atom stereocenters. The van der Waals surface area contributed by atoms with Gasteiger partial charge in [0.05, 0.1) is 4.70 Å². The van der Waals surface area contributed by atoms with Crippen molar-refractivity contribution in [1.29, 1.82) is 0 Å². The van der Waals surface area contributed by atoms with Gasteiger partial charge in [0.1, 0.15) is 5.69 Å². The molecule has 0 saturated carbocycles. The molecule has 0 aromatic carbocycles. The molecule has 2 fully saturated rings. The molecule has 2 bridgehead atoms. The van der Waals surface area contributed by atoms with Crippen LogP contribution in [-0.2, 0) is 0 Å². The van der Waals surface area contributed by atoms with Crippen LogP contribution in [0.2, 0.25) is 0 Å². The minimum Gasteiger partial charge on any atom is -0.346 e. The summed E-state index contributed by atoms with van der Waals surface area (Å²) in [4.78, 5) is 20.4. The van der Waals surface area contributed by atoms with Crippen LogP contribution in [0.25, 0.3) is 10.1 Å². The Morgan fingerprint density at radius 1 is 1.52 bits per heavy atom. The van der Waals surface area contributed by atoms with E-state index in [1.165, 1.54) is 17.9 Å². The SMILES string of the molecule is CSc1csc2cnc(C(=O)NC3CN4CC[C@H]3C4)cc12. The van der Waals surface area contributed by atoms with Gasteiger partial charge >= 0.3 is 0 Å². The Kier molecular flexibility index (Phi) is 3.40. The molecule has 2 aromatic rings. The monoisotopic (exact) mass is 319 g/mol. The summed E-state index contributed by atoms with van der Waals surface area (Å²) in [7, 11) is 0. The number of amides is 1. The lowest BCUT2D eigenvalue weighted by atomic mass is 10.00. The summed E-state index contributed by atoms with van der Waals surface area (Å²) in [5.74, 6) is 0.592. The predicted octanol–water partition coefficient (Wildman–Crippen LogP) is 2.45. The van der Waals surface area contributed by atoms with Crippen molar-refractivity contribution < 1.29 is 4.79 Å². The maximum Gasteiger partial charge on any atom is 0.270 e. The van der Waals surface area contributed by atoms with E-state index in [2.05, 4.69) is 26.8 Å². The topological polar surface area (TPSA) is 45.2 Å². The number of rotatable bonds is 3. The van der Waals surface area contributed by atoms with Crippen LogP contribution in [0.5, 0.6) is 0 Å². The van der Waals surface area contributed by atoms with Crippen molar-refractivity contribution in [1.82, 2.24) is 15.2 Å². The van der Waals surface area contributed by atoms with Crippen molar-refractivity contribution in [2.45, 2.75) is 17.4 Å². The Morgan fingerprint density at radius 3 is 3.14 bits per heavy atom. The number of carbonyl (C=O) groups excluding carboxylic acids is 1. The number of fused-ring (bicyclic) bond motifs is 3. The van der Waals surface area contributed by atoms with Gasteiger partial charge in [-0.3, -0.25) is 4.79 Å². The van der Waals surface area contributed by atoms with E-state index in [1.807, 2.05) is 12.3 Å². The van der Waals surface area contributed by atoms with E-state index in [9.17, 15) is 4.79 Å². The minimum absolute atomic E-state index is 0.0334. The van der Waals surface area contributed by atoms with Gasteiger partial charge in [-0.2, -0.15) is 0 Å². The molecule has 4 rings (SSSR count). The van der Waals surface area contributed by atoms with Crippen molar-refractivity contribution in [2.24, 2.45) is 5.92 Å². The first-order chi connectivity index (χ1) is 10.2. The lowest BCUT2D eigenvalue weighted by molar-refractivity contribution is 0.0919. The van der Waals surface area contributed by atoms with Gasteiger partial charge in [0.25, 0.3) is 5.91 Å². The van der Waals surface area contributed by atoms with Crippen molar-refractivity contribution in [3.05, 3.63) is 23.3 Å². The van der Waals surface area contributed by atoms with Crippen LogP contribution in [0.4, 0.5) is 0 Å². The third kappa shape index (κ3) is 2.35. The maximum atomic E-state index is 12.4. The van der Waals surface area contributed by atoms with E-state index in [0.29, 0.717) is 17.7 Å². The summed E-state index contributed by atoms with van der Waals surface area (Å²) < 4.78 is 1.14. The third-order valence-electron chi connectivity index (χ3n) is 4.53. The van der Waals surface area contributed by atoms with Crippen LogP contribution in [-0.4, -0.2) is 47.7 Å². The van der Waals surface area contributed by atoms with Gasteiger partial charge < -0.3 is 10.2 Å². The highest BCUT2D eigenvalue weighted by atomic mass is 32.2. The van der Waals surface area contributed by atoms with E-state index in [0.717, 1.165) is 23.2 Å². The van der Waals surface area contributed by atoms with E-state index >= 15 is 0 Å². The molecule has 3 atom stereocenters. The van der Waals surface area contributed by atoms with Gasteiger partial charge in [-0.05, 0) is 31.2 Å². The second kappa shape index (κ2) is 5.26. The Balaban J connectivity index is 1.56. The van der Waals surface area contributed by atoms with E-state index in [-0.39, 0.29) is 5.91 Å². The minimum atomic E-state index is -0.0334. The van der Waals surface area contributed by atoms with Crippen LogP contribution in [0, 0.1) is 5.92 Å². The highest BCUT2D eigenvalue weighted by Crippen LogP contribution is 2.32. The predicted molar refractivity (Wildman–Crippen MR) is 87.2 cm³/mol. The van der Waals surface area contributed by atoms with Gasteiger partial charge in [0, 0.05) is 41.0 Å². The molecule has 4 heterocycles. The summed E-state index contributed by atoms with van der Waals surface area (Å²) in [5, 5.41) is 6.44. The van der Waals surface area contributed by atoms with Gasteiger partial charge in [-0.1, -0.05) is 0 Å². The summed E-state index contributed by atoms with van der Waals surface area (Å²) in [6.07, 6.45) is 5.09. The first-order valence-electron chi connectivity index (χ1n) is 7.19. The lowest BCUT2D eigenvalue weighted by Crippen LogP contribution is -2.43. The second-order valence-corrected chi connectivity index (χ2v) is 7.52. The zero-order valence-corrected chi connectivity index (χ0v) is 13.5. The number of nitrogens with one attached hydrogen (secondary N) is 1. The van der Waals surface area contributed by atoms with Crippen molar-refractivity contribution in [3.63, 3.8) is 0 Å². The Morgan fingerprint density at radius 2 is 2.43 bits per heavy atom. The van der Waals surface area contributed by atoms with Gasteiger partial charge in [-0.15, -0.1) is 23.1 Å². The fourth-order valence-electron chi connectivity index (χ4n) is 3.38. The zero-order valence-electron chi connectivity index (χ0n) is 11.8. The Bertz CT molecular complexity index is 699. The summed E-state index contributed by atoms with van der Waals surface area (Å²) in [5.41, 5.74) is 0.536. The first-order valence-corrected chi connectivity index (χ1v) is 9.29. The molecule has 2 saturated heterocycles. The molecular weight excluding hydrogens is 302 g/mol.